The maximum absolute atomic E-state index is 12.6. The van der Waals surface area contributed by atoms with Crippen LogP contribution in [-0.4, -0.2) is 51.1 Å². The maximum atomic E-state index is 12.6. The molecule has 0 aliphatic rings. The van der Waals surface area contributed by atoms with Crippen molar-refractivity contribution < 1.29 is 14.3 Å². The normalized spacial score (nSPS) is 11.9. The summed E-state index contributed by atoms with van der Waals surface area (Å²) in [5.74, 6) is -0.433. The molecule has 2 amide bonds. The number of benzene rings is 1. The molecule has 26 heavy (non-hydrogen) atoms. The summed E-state index contributed by atoms with van der Waals surface area (Å²) in [6, 6.07) is 6.43. The van der Waals surface area contributed by atoms with Crippen LogP contribution >= 0.6 is 11.8 Å². The molecular formula is C16H22N6O3S. The van der Waals surface area contributed by atoms with Gasteiger partial charge in [-0.2, -0.15) is 4.68 Å². The van der Waals surface area contributed by atoms with Crippen molar-refractivity contribution in [3.8, 4) is 5.69 Å². The van der Waals surface area contributed by atoms with Crippen LogP contribution in [0.25, 0.3) is 5.69 Å². The lowest BCUT2D eigenvalue weighted by Crippen LogP contribution is -2.47. The van der Waals surface area contributed by atoms with Crippen molar-refractivity contribution in [2.24, 2.45) is 5.92 Å². The van der Waals surface area contributed by atoms with E-state index in [1.54, 1.807) is 29.8 Å². The van der Waals surface area contributed by atoms with Crippen molar-refractivity contribution in [3.63, 3.8) is 0 Å². The number of thioether (sulfide) groups is 1. The summed E-state index contributed by atoms with van der Waals surface area (Å²) < 4.78 is 6.44. The molecule has 1 aromatic heterocycles. The van der Waals surface area contributed by atoms with Crippen molar-refractivity contribution in [2.45, 2.75) is 32.0 Å². The predicted molar refractivity (Wildman–Crippen MR) is 98.3 cm³/mol. The molecule has 0 fully saturated rings. The number of anilines is 1. The van der Waals surface area contributed by atoms with E-state index in [0.717, 1.165) is 5.69 Å². The lowest BCUT2D eigenvalue weighted by Gasteiger charge is -2.21. The maximum Gasteiger partial charge on any atom is 0.407 e. The molecule has 0 bridgehead atoms. The van der Waals surface area contributed by atoms with Gasteiger partial charge in [-0.25, -0.2) is 4.79 Å². The number of hydrogen-bond acceptors (Lipinski definition) is 7. The zero-order chi connectivity index (χ0) is 19.1. The van der Waals surface area contributed by atoms with Crippen LogP contribution in [0.1, 0.15) is 20.8 Å². The zero-order valence-electron chi connectivity index (χ0n) is 15.1. The second-order valence-corrected chi connectivity index (χ2v) is 6.48. The van der Waals surface area contributed by atoms with E-state index in [4.69, 9.17) is 4.74 Å². The van der Waals surface area contributed by atoms with E-state index in [9.17, 15) is 9.59 Å². The van der Waals surface area contributed by atoms with Gasteiger partial charge in [0.05, 0.1) is 12.3 Å². The third kappa shape index (κ3) is 4.94. The molecule has 1 unspecified atom stereocenters. The Bertz CT molecular complexity index is 764. The van der Waals surface area contributed by atoms with E-state index in [1.807, 2.05) is 26.2 Å². The number of alkyl carbamates (subject to hydrolysis) is 1. The highest BCUT2D eigenvalue weighted by Gasteiger charge is 2.25. The van der Waals surface area contributed by atoms with Gasteiger partial charge in [0.2, 0.25) is 11.1 Å². The summed E-state index contributed by atoms with van der Waals surface area (Å²) in [7, 11) is 0. The van der Waals surface area contributed by atoms with Gasteiger partial charge >= 0.3 is 6.09 Å². The van der Waals surface area contributed by atoms with Crippen LogP contribution in [0.15, 0.2) is 29.4 Å². The fourth-order valence-corrected chi connectivity index (χ4v) is 2.67. The lowest BCUT2D eigenvalue weighted by molar-refractivity contribution is -0.119. The van der Waals surface area contributed by atoms with Crippen LogP contribution in [0.3, 0.4) is 0 Å². The number of carbonyl (C=O) groups excluding carboxylic acids is 2. The Morgan fingerprint density at radius 2 is 2.12 bits per heavy atom. The molecule has 0 spiro atoms. The molecule has 0 saturated heterocycles. The average molecular weight is 378 g/mol. The molecule has 1 heterocycles. The van der Waals surface area contributed by atoms with E-state index >= 15 is 0 Å². The molecule has 10 heteroatoms. The Labute approximate surface area is 155 Å². The SMILES string of the molecule is CCOC(=O)NC(C(=O)Nc1cccc(-n2nnnc2SC)c1)C(C)C. The topological polar surface area (TPSA) is 111 Å². The minimum absolute atomic E-state index is 0.106. The molecule has 2 N–H and O–H groups in total. The number of nitrogens with one attached hydrogen (secondary N) is 2. The Hall–Kier alpha value is -2.62. The minimum atomic E-state index is -0.715. The zero-order valence-corrected chi connectivity index (χ0v) is 15.9. The largest absolute Gasteiger partial charge is 0.450 e. The van der Waals surface area contributed by atoms with E-state index in [-0.39, 0.29) is 18.4 Å². The van der Waals surface area contributed by atoms with Crippen LogP contribution in [0.5, 0.6) is 0 Å². The predicted octanol–water partition coefficient (Wildman–Crippen LogP) is 2.09. The van der Waals surface area contributed by atoms with Crippen molar-refractivity contribution >= 4 is 29.4 Å². The molecule has 9 nitrogen and oxygen atoms in total. The van der Waals surface area contributed by atoms with Gasteiger partial charge in [-0.3, -0.25) is 4.79 Å². The first-order chi connectivity index (χ1) is 12.5. The highest BCUT2D eigenvalue weighted by molar-refractivity contribution is 7.98. The van der Waals surface area contributed by atoms with E-state index in [0.29, 0.717) is 10.8 Å². The molecule has 2 aromatic rings. The molecule has 0 radical (unpaired) electrons. The number of aromatic nitrogens is 4. The highest BCUT2D eigenvalue weighted by Crippen LogP contribution is 2.19. The van der Waals surface area contributed by atoms with Crippen LogP contribution in [0, 0.1) is 5.92 Å². The Morgan fingerprint density at radius 1 is 1.35 bits per heavy atom. The molecule has 1 atom stereocenters. The Kier molecular flexibility index (Phi) is 6.96. The van der Waals surface area contributed by atoms with Crippen molar-refractivity contribution in [2.75, 3.05) is 18.2 Å². The van der Waals surface area contributed by atoms with Gasteiger partial charge in [0.25, 0.3) is 0 Å². The fraction of sp³-hybridized carbons (Fsp3) is 0.438. The molecule has 0 saturated carbocycles. The third-order valence-corrected chi connectivity index (χ3v) is 4.10. The van der Waals surface area contributed by atoms with Crippen LogP contribution in [0.4, 0.5) is 10.5 Å². The smallest absolute Gasteiger partial charge is 0.407 e. The minimum Gasteiger partial charge on any atom is -0.450 e. The number of nitrogens with zero attached hydrogens (tertiary/aromatic N) is 4. The molecule has 0 aliphatic carbocycles. The lowest BCUT2D eigenvalue weighted by atomic mass is 10.0. The van der Waals surface area contributed by atoms with Gasteiger partial charge in [-0.15, -0.1) is 5.10 Å². The van der Waals surface area contributed by atoms with Crippen LogP contribution in [0.2, 0.25) is 0 Å². The summed E-state index contributed by atoms with van der Waals surface area (Å²) in [6.45, 7) is 5.64. The number of tetrazole rings is 1. The van der Waals surface area contributed by atoms with E-state index in [1.165, 1.54) is 11.8 Å². The third-order valence-electron chi connectivity index (χ3n) is 3.48. The van der Waals surface area contributed by atoms with E-state index in [2.05, 4.69) is 26.2 Å². The second kappa shape index (κ2) is 9.18. The van der Waals surface area contributed by atoms with Crippen molar-refractivity contribution in [1.29, 1.82) is 0 Å². The summed E-state index contributed by atoms with van der Waals surface area (Å²) in [4.78, 5) is 24.2. The summed E-state index contributed by atoms with van der Waals surface area (Å²) in [5, 5.41) is 17.6. The number of hydrogen-bond donors (Lipinski definition) is 2. The molecule has 0 aliphatic heterocycles. The molecule has 140 valence electrons. The summed E-state index contributed by atoms with van der Waals surface area (Å²) in [5.41, 5.74) is 1.29. The summed E-state index contributed by atoms with van der Waals surface area (Å²) >= 11 is 1.42. The number of carbonyl (C=O) groups is 2. The first-order valence-electron chi connectivity index (χ1n) is 8.13. The monoisotopic (exact) mass is 378 g/mol. The van der Waals surface area contributed by atoms with Crippen LogP contribution < -0.4 is 10.6 Å². The Balaban J connectivity index is 2.15. The van der Waals surface area contributed by atoms with Gasteiger partial charge < -0.3 is 15.4 Å². The van der Waals surface area contributed by atoms with Gasteiger partial charge in [-0.05, 0) is 47.7 Å². The number of ether oxygens (including phenoxy) is 1. The second-order valence-electron chi connectivity index (χ2n) is 5.70. The van der Waals surface area contributed by atoms with E-state index < -0.39 is 12.1 Å². The Morgan fingerprint density at radius 3 is 2.77 bits per heavy atom. The van der Waals surface area contributed by atoms with Gasteiger partial charge in [0.1, 0.15) is 6.04 Å². The molecule has 2 rings (SSSR count). The van der Waals surface area contributed by atoms with Crippen molar-refractivity contribution in [1.82, 2.24) is 25.5 Å². The molecular weight excluding hydrogens is 356 g/mol. The highest BCUT2D eigenvalue weighted by atomic mass is 32.2. The quantitative estimate of drug-likeness (QED) is 0.710. The molecule has 1 aromatic carbocycles. The van der Waals surface area contributed by atoms with Crippen LogP contribution in [-0.2, 0) is 9.53 Å². The van der Waals surface area contributed by atoms with Crippen molar-refractivity contribution in [3.05, 3.63) is 24.3 Å². The fourth-order valence-electron chi connectivity index (χ4n) is 2.24. The first-order valence-corrected chi connectivity index (χ1v) is 9.35. The average Bonchev–Trinajstić information content (AvgIpc) is 3.08. The first kappa shape index (κ1) is 19.7. The van der Waals surface area contributed by atoms with Gasteiger partial charge in [-0.1, -0.05) is 31.7 Å². The summed E-state index contributed by atoms with van der Waals surface area (Å²) in [6.07, 6.45) is 1.26. The number of rotatable bonds is 7. The van der Waals surface area contributed by atoms with Gasteiger partial charge in [0.15, 0.2) is 0 Å². The van der Waals surface area contributed by atoms with Gasteiger partial charge in [0, 0.05) is 5.69 Å². The number of amides is 2. The standard InChI is InChI=1S/C16H22N6O3S/c1-5-25-16(24)18-13(10(2)3)14(23)17-11-7-6-8-12(9-11)22-15(26-4)19-20-21-22/h6-10,13H,5H2,1-4H3,(H,17,23)(H,18,24).